The first-order chi connectivity index (χ1) is 12.3. The van der Waals surface area contributed by atoms with Gasteiger partial charge >= 0.3 is 0 Å². The summed E-state index contributed by atoms with van der Waals surface area (Å²) in [5.41, 5.74) is 3.17. The summed E-state index contributed by atoms with van der Waals surface area (Å²) in [6.07, 6.45) is 2.80. The molecule has 3 aromatic rings. The van der Waals surface area contributed by atoms with Crippen molar-refractivity contribution in [2.75, 3.05) is 25.0 Å². The van der Waals surface area contributed by atoms with Crippen molar-refractivity contribution < 1.29 is 9.53 Å². The minimum atomic E-state index is -0.0360. The van der Waals surface area contributed by atoms with Crippen LogP contribution in [0, 0.1) is 0 Å². The minimum absolute atomic E-state index is 0.0360. The lowest BCUT2D eigenvalue weighted by Crippen LogP contribution is -2.31. The number of hydrogen-bond donors (Lipinski definition) is 3. The third kappa shape index (κ3) is 4.32. The summed E-state index contributed by atoms with van der Waals surface area (Å²) in [5.74, 6) is 0.725. The molecule has 0 aliphatic carbocycles. The Morgan fingerprint density at radius 3 is 2.80 bits per heavy atom. The predicted molar refractivity (Wildman–Crippen MR) is 101 cm³/mol. The average Bonchev–Trinajstić information content (AvgIpc) is 3.05. The van der Waals surface area contributed by atoms with Crippen LogP contribution in [0.25, 0.3) is 10.9 Å². The molecule has 1 aromatic heterocycles. The zero-order valence-corrected chi connectivity index (χ0v) is 14.3. The highest BCUT2D eigenvalue weighted by Crippen LogP contribution is 2.23. The van der Waals surface area contributed by atoms with E-state index in [2.05, 4.69) is 27.8 Å². The van der Waals surface area contributed by atoms with Gasteiger partial charge in [-0.05, 0) is 37.1 Å². The van der Waals surface area contributed by atoms with Gasteiger partial charge in [-0.25, -0.2) is 0 Å². The number of anilines is 1. The first-order valence-electron chi connectivity index (χ1n) is 8.55. The lowest BCUT2D eigenvalue weighted by atomic mass is 10.1. The Bertz CT molecular complexity index is 842. The Morgan fingerprint density at radius 1 is 1.12 bits per heavy atom. The summed E-state index contributed by atoms with van der Waals surface area (Å²) >= 11 is 0. The van der Waals surface area contributed by atoms with Crippen molar-refractivity contribution in [1.82, 2.24) is 10.3 Å². The Kier molecular flexibility index (Phi) is 5.57. The van der Waals surface area contributed by atoms with E-state index in [1.54, 1.807) is 0 Å². The van der Waals surface area contributed by atoms with Crippen LogP contribution in [0.4, 0.5) is 5.69 Å². The van der Waals surface area contributed by atoms with E-state index in [0.29, 0.717) is 13.2 Å². The van der Waals surface area contributed by atoms with Gasteiger partial charge in [0.15, 0.2) is 0 Å². The Balaban J connectivity index is 1.47. The predicted octanol–water partition coefficient (Wildman–Crippen LogP) is 3.34. The third-order valence-corrected chi connectivity index (χ3v) is 4.02. The lowest BCUT2D eigenvalue weighted by Gasteiger charge is -2.12. The van der Waals surface area contributed by atoms with Gasteiger partial charge in [-0.2, -0.15) is 0 Å². The molecule has 0 saturated heterocycles. The smallest absolute Gasteiger partial charge is 0.239 e. The van der Waals surface area contributed by atoms with Crippen molar-refractivity contribution in [1.29, 1.82) is 0 Å². The van der Waals surface area contributed by atoms with Crippen LogP contribution in [0.15, 0.2) is 54.7 Å². The monoisotopic (exact) mass is 337 g/mol. The Morgan fingerprint density at radius 2 is 1.92 bits per heavy atom. The number of amides is 1. The standard InChI is InChI=1S/C20H23N3O2/c1-2-25-19-10-6-5-9-18(19)23-14-20(24)21-12-11-15-13-22-17-8-4-3-7-16(15)17/h3-10,13,22-23H,2,11-12,14H2,1H3,(H,21,24). The minimum Gasteiger partial charge on any atom is -0.492 e. The maximum atomic E-state index is 12.1. The Hall–Kier alpha value is -2.95. The SMILES string of the molecule is CCOc1ccccc1NCC(=O)NCCc1c[nH]c2ccccc12. The quantitative estimate of drug-likeness (QED) is 0.591. The molecule has 0 radical (unpaired) electrons. The van der Waals surface area contributed by atoms with Gasteiger partial charge in [0, 0.05) is 23.6 Å². The molecule has 0 spiro atoms. The molecule has 2 aromatic carbocycles. The van der Waals surface area contributed by atoms with E-state index in [-0.39, 0.29) is 12.5 Å². The number of ether oxygens (including phenoxy) is 1. The van der Waals surface area contributed by atoms with Gasteiger partial charge < -0.3 is 20.4 Å². The topological polar surface area (TPSA) is 66.2 Å². The summed E-state index contributed by atoms with van der Waals surface area (Å²) in [7, 11) is 0. The van der Waals surface area contributed by atoms with Crippen LogP contribution >= 0.6 is 0 Å². The fourth-order valence-electron chi connectivity index (χ4n) is 2.81. The number of carbonyl (C=O) groups excluding carboxylic acids is 1. The summed E-state index contributed by atoms with van der Waals surface area (Å²) in [6, 6.07) is 15.8. The van der Waals surface area contributed by atoms with Crippen LogP contribution in [-0.4, -0.2) is 30.6 Å². The van der Waals surface area contributed by atoms with Gasteiger partial charge in [0.1, 0.15) is 5.75 Å². The van der Waals surface area contributed by atoms with Crippen LogP contribution < -0.4 is 15.4 Å². The molecule has 0 fully saturated rings. The number of aromatic nitrogens is 1. The van der Waals surface area contributed by atoms with Gasteiger partial charge in [0.05, 0.1) is 18.8 Å². The molecule has 25 heavy (non-hydrogen) atoms. The van der Waals surface area contributed by atoms with E-state index >= 15 is 0 Å². The molecule has 5 heteroatoms. The lowest BCUT2D eigenvalue weighted by molar-refractivity contribution is -0.119. The van der Waals surface area contributed by atoms with Gasteiger partial charge in [-0.1, -0.05) is 30.3 Å². The van der Waals surface area contributed by atoms with Crippen molar-refractivity contribution in [3.8, 4) is 5.75 Å². The number of fused-ring (bicyclic) bond motifs is 1. The zero-order chi connectivity index (χ0) is 17.5. The highest BCUT2D eigenvalue weighted by Gasteiger charge is 2.06. The van der Waals surface area contributed by atoms with Gasteiger partial charge in [0.25, 0.3) is 0 Å². The van der Waals surface area contributed by atoms with Crippen LogP contribution in [0.1, 0.15) is 12.5 Å². The maximum Gasteiger partial charge on any atom is 0.239 e. The number of hydrogen-bond acceptors (Lipinski definition) is 3. The van der Waals surface area contributed by atoms with Crippen LogP contribution in [0.3, 0.4) is 0 Å². The number of H-pyrrole nitrogens is 1. The number of rotatable bonds is 8. The summed E-state index contributed by atoms with van der Waals surface area (Å²) < 4.78 is 5.54. The van der Waals surface area contributed by atoms with E-state index in [1.807, 2.05) is 49.5 Å². The number of aromatic amines is 1. The second-order valence-corrected chi connectivity index (χ2v) is 5.74. The Labute approximate surface area is 147 Å². The molecule has 0 unspecified atom stereocenters. The molecule has 3 N–H and O–H groups in total. The molecule has 0 aliphatic heterocycles. The van der Waals surface area contributed by atoms with Crippen LogP contribution in [0.2, 0.25) is 0 Å². The van der Waals surface area contributed by atoms with Crippen LogP contribution in [0.5, 0.6) is 5.75 Å². The number of para-hydroxylation sites is 3. The largest absolute Gasteiger partial charge is 0.492 e. The first-order valence-corrected chi connectivity index (χ1v) is 8.55. The summed E-state index contributed by atoms with van der Waals surface area (Å²) in [4.78, 5) is 15.3. The third-order valence-electron chi connectivity index (χ3n) is 4.02. The summed E-state index contributed by atoms with van der Waals surface area (Å²) in [6.45, 7) is 3.36. The number of carbonyl (C=O) groups is 1. The highest BCUT2D eigenvalue weighted by atomic mass is 16.5. The number of benzene rings is 2. The normalized spacial score (nSPS) is 10.6. The molecule has 0 atom stereocenters. The molecule has 1 amide bonds. The van der Waals surface area contributed by atoms with E-state index in [4.69, 9.17) is 4.74 Å². The van der Waals surface area contributed by atoms with Crippen molar-refractivity contribution in [2.45, 2.75) is 13.3 Å². The average molecular weight is 337 g/mol. The van der Waals surface area contributed by atoms with Crippen molar-refractivity contribution in [3.05, 3.63) is 60.3 Å². The maximum absolute atomic E-state index is 12.1. The van der Waals surface area contributed by atoms with E-state index in [1.165, 1.54) is 10.9 Å². The highest BCUT2D eigenvalue weighted by molar-refractivity contribution is 5.83. The van der Waals surface area contributed by atoms with Crippen LogP contribution in [-0.2, 0) is 11.2 Å². The molecule has 3 rings (SSSR count). The van der Waals surface area contributed by atoms with Crippen molar-refractivity contribution in [3.63, 3.8) is 0 Å². The molecular weight excluding hydrogens is 314 g/mol. The molecule has 0 bridgehead atoms. The second kappa shape index (κ2) is 8.24. The zero-order valence-electron chi connectivity index (χ0n) is 14.3. The van der Waals surface area contributed by atoms with Gasteiger partial charge in [-0.3, -0.25) is 4.79 Å². The van der Waals surface area contributed by atoms with Gasteiger partial charge in [-0.15, -0.1) is 0 Å². The fraction of sp³-hybridized carbons (Fsp3) is 0.250. The van der Waals surface area contributed by atoms with E-state index in [9.17, 15) is 4.79 Å². The van der Waals surface area contributed by atoms with Gasteiger partial charge in [0.2, 0.25) is 5.91 Å². The molecule has 0 saturated carbocycles. The van der Waals surface area contributed by atoms with E-state index in [0.717, 1.165) is 23.4 Å². The number of nitrogens with one attached hydrogen (secondary N) is 3. The molecule has 1 heterocycles. The molecule has 130 valence electrons. The first kappa shape index (κ1) is 16.9. The van der Waals surface area contributed by atoms with E-state index < -0.39 is 0 Å². The van der Waals surface area contributed by atoms with Crippen molar-refractivity contribution in [2.24, 2.45) is 0 Å². The molecule has 0 aliphatic rings. The summed E-state index contributed by atoms with van der Waals surface area (Å²) in [5, 5.41) is 7.29. The molecular formula is C20H23N3O2. The second-order valence-electron chi connectivity index (χ2n) is 5.74. The fourth-order valence-corrected chi connectivity index (χ4v) is 2.81. The van der Waals surface area contributed by atoms with Crippen molar-refractivity contribution >= 4 is 22.5 Å². The molecule has 5 nitrogen and oxygen atoms in total.